The average molecular weight is 262 g/mol. The Morgan fingerprint density at radius 3 is 2.37 bits per heavy atom. The molecule has 1 N–H and O–H groups in total. The summed E-state index contributed by atoms with van der Waals surface area (Å²) >= 11 is 0. The van der Waals surface area contributed by atoms with Gasteiger partial charge in [0.2, 0.25) is 0 Å². The van der Waals surface area contributed by atoms with E-state index in [1.165, 1.54) is 23.2 Å². The highest BCUT2D eigenvalue weighted by Gasteiger charge is 2.12. The Hall–Kier alpha value is -1.02. The summed E-state index contributed by atoms with van der Waals surface area (Å²) in [6.07, 6.45) is 1.17. The van der Waals surface area contributed by atoms with Gasteiger partial charge < -0.3 is 10.2 Å². The molecule has 0 amide bonds. The fraction of sp³-hybridized carbons (Fsp3) is 0.647. The fourth-order valence-corrected chi connectivity index (χ4v) is 2.10. The van der Waals surface area contributed by atoms with Crippen LogP contribution >= 0.6 is 0 Å². The van der Waals surface area contributed by atoms with Crippen LogP contribution in [0.3, 0.4) is 0 Å². The maximum absolute atomic E-state index is 3.53. The predicted octanol–water partition coefficient (Wildman–Crippen LogP) is 4.12. The van der Waals surface area contributed by atoms with E-state index in [-0.39, 0.29) is 5.54 Å². The van der Waals surface area contributed by atoms with Crippen molar-refractivity contribution >= 4 is 5.69 Å². The molecule has 108 valence electrons. The van der Waals surface area contributed by atoms with Crippen molar-refractivity contribution in [1.29, 1.82) is 0 Å². The maximum atomic E-state index is 3.53. The lowest BCUT2D eigenvalue weighted by Gasteiger charge is -2.28. The summed E-state index contributed by atoms with van der Waals surface area (Å²) in [5, 5.41) is 3.53. The normalized spacial score (nSPS) is 13.4. The van der Waals surface area contributed by atoms with E-state index < -0.39 is 0 Å². The summed E-state index contributed by atoms with van der Waals surface area (Å²) in [6.45, 7) is 14.2. The van der Waals surface area contributed by atoms with E-state index >= 15 is 0 Å². The van der Waals surface area contributed by atoms with Gasteiger partial charge in [0.1, 0.15) is 0 Å². The summed E-state index contributed by atoms with van der Waals surface area (Å²) < 4.78 is 0. The van der Waals surface area contributed by atoms with Gasteiger partial charge in [-0.2, -0.15) is 0 Å². The zero-order valence-electron chi connectivity index (χ0n) is 13.7. The summed E-state index contributed by atoms with van der Waals surface area (Å²) in [7, 11) is 2.18. The van der Waals surface area contributed by atoms with Gasteiger partial charge in [-0.25, -0.2) is 0 Å². The monoisotopic (exact) mass is 262 g/mol. The van der Waals surface area contributed by atoms with Gasteiger partial charge in [-0.3, -0.25) is 0 Å². The van der Waals surface area contributed by atoms with Crippen LogP contribution in [0, 0.1) is 6.92 Å². The standard InChI is InChI=1S/C17H30N2/c1-8-14(3)19(7)16-10-9-15(11-13(16)2)12-18-17(4,5)6/h9-11,14,18H,8,12H2,1-7H3. The summed E-state index contributed by atoms with van der Waals surface area (Å²) in [5.74, 6) is 0. The minimum Gasteiger partial charge on any atom is -0.372 e. The molecule has 0 saturated heterocycles. The van der Waals surface area contributed by atoms with Gasteiger partial charge in [0.05, 0.1) is 0 Å². The largest absolute Gasteiger partial charge is 0.372 e. The highest BCUT2D eigenvalue weighted by atomic mass is 15.1. The van der Waals surface area contributed by atoms with Crippen molar-refractivity contribution in [2.45, 2.75) is 66.1 Å². The van der Waals surface area contributed by atoms with E-state index in [1.54, 1.807) is 0 Å². The van der Waals surface area contributed by atoms with Gasteiger partial charge in [0.15, 0.2) is 0 Å². The van der Waals surface area contributed by atoms with Gasteiger partial charge in [0, 0.05) is 30.9 Å². The first-order valence-corrected chi connectivity index (χ1v) is 7.32. The Bertz CT molecular complexity index is 404. The Labute approximate surface area is 119 Å². The maximum Gasteiger partial charge on any atom is 0.0395 e. The molecule has 0 radical (unpaired) electrons. The van der Waals surface area contributed by atoms with Gasteiger partial charge >= 0.3 is 0 Å². The van der Waals surface area contributed by atoms with Crippen molar-refractivity contribution in [3.8, 4) is 0 Å². The summed E-state index contributed by atoms with van der Waals surface area (Å²) in [6, 6.07) is 7.37. The third-order valence-electron chi connectivity index (χ3n) is 3.72. The van der Waals surface area contributed by atoms with Crippen LogP contribution in [0.15, 0.2) is 18.2 Å². The van der Waals surface area contributed by atoms with E-state index in [2.05, 4.69) is 77.0 Å². The number of nitrogens with zero attached hydrogens (tertiary/aromatic N) is 1. The van der Waals surface area contributed by atoms with Crippen molar-refractivity contribution in [1.82, 2.24) is 5.32 Å². The number of nitrogens with one attached hydrogen (secondary N) is 1. The highest BCUT2D eigenvalue weighted by Crippen LogP contribution is 2.23. The molecule has 0 bridgehead atoms. The van der Waals surface area contributed by atoms with Crippen molar-refractivity contribution < 1.29 is 0 Å². The van der Waals surface area contributed by atoms with Crippen LogP contribution in [0.4, 0.5) is 5.69 Å². The van der Waals surface area contributed by atoms with Gasteiger partial charge in [-0.05, 0) is 58.2 Å². The van der Waals surface area contributed by atoms with E-state index in [0.29, 0.717) is 6.04 Å². The smallest absolute Gasteiger partial charge is 0.0395 e. The second kappa shape index (κ2) is 6.42. The first-order valence-electron chi connectivity index (χ1n) is 7.32. The Morgan fingerprint density at radius 1 is 1.26 bits per heavy atom. The molecule has 1 aromatic carbocycles. The van der Waals surface area contributed by atoms with E-state index in [0.717, 1.165) is 6.54 Å². The molecule has 1 aromatic rings. The molecule has 0 spiro atoms. The first kappa shape index (κ1) is 16.0. The number of benzene rings is 1. The lowest BCUT2D eigenvalue weighted by Crippen LogP contribution is -2.35. The van der Waals surface area contributed by atoms with Crippen LogP contribution in [0.2, 0.25) is 0 Å². The molecule has 0 aliphatic heterocycles. The van der Waals surface area contributed by atoms with Gasteiger partial charge in [-0.15, -0.1) is 0 Å². The minimum atomic E-state index is 0.167. The van der Waals surface area contributed by atoms with Crippen molar-refractivity contribution in [2.75, 3.05) is 11.9 Å². The first-order chi connectivity index (χ1) is 8.74. The lowest BCUT2D eigenvalue weighted by molar-refractivity contribution is 0.424. The molecule has 0 heterocycles. The third kappa shape index (κ3) is 4.87. The SMILES string of the molecule is CCC(C)N(C)c1ccc(CNC(C)(C)C)cc1C. The van der Waals surface area contributed by atoms with E-state index in [9.17, 15) is 0 Å². The molecule has 2 heteroatoms. The Kier molecular flexibility index (Phi) is 5.42. The Balaban J connectivity index is 2.80. The number of aryl methyl sites for hydroxylation is 1. The van der Waals surface area contributed by atoms with Crippen LogP contribution in [0.5, 0.6) is 0 Å². The van der Waals surface area contributed by atoms with E-state index in [1.807, 2.05) is 0 Å². The van der Waals surface area contributed by atoms with Crippen LogP contribution in [-0.4, -0.2) is 18.6 Å². The quantitative estimate of drug-likeness (QED) is 0.859. The zero-order chi connectivity index (χ0) is 14.6. The minimum absolute atomic E-state index is 0.167. The summed E-state index contributed by atoms with van der Waals surface area (Å²) in [5.41, 5.74) is 4.22. The number of hydrogen-bond acceptors (Lipinski definition) is 2. The van der Waals surface area contributed by atoms with E-state index in [4.69, 9.17) is 0 Å². The molecular weight excluding hydrogens is 232 g/mol. The predicted molar refractivity (Wildman–Crippen MR) is 85.9 cm³/mol. The second-order valence-corrected chi connectivity index (χ2v) is 6.59. The molecule has 0 aliphatic rings. The highest BCUT2D eigenvalue weighted by molar-refractivity contribution is 5.54. The molecule has 19 heavy (non-hydrogen) atoms. The topological polar surface area (TPSA) is 15.3 Å². The number of anilines is 1. The second-order valence-electron chi connectivity index (χ2n) is 6.59. The van der Waals surface area contributed by atoms with Crippen LogP contribution in [0.25, 0.3) is 0 Å². The van der Waals surface area contributed by atoms with Crippen molar-refractivity contribution in [3.05, 3.63) is 29.3 Å². The van der Waals surface area contributed by atoms with Gasteiger partial charge in [0.25, 0.3) is 0 Å². The molecule has 2 nitrogen and oxygen atoms in total. The summed E-state index contributed by atoms with van der Waals surface area (Å²) in [4.78, 5) is 2.37. The zero-order valence-corrected chi connectivity index (χ0v) is 13.7. The molecule has 1 atom stereocenters. The lowest BCUT2D eigenvalue weighted by atomic mass is 10.1. The van der Waals surface area contributed by atoms with Crippen LogP contribution in [-0.2, 0) is 6.54 Å². The molecule has 1 rings (SSSR count). The molecule has 0 fully saturated rings. The Morgan fingerprint density at radius 2 is 1.89 bits per heavy atom. The number of rotatable bonds is 5. The number of hydrogen-bond donors (Lipinski definition) is 1. The van der Waals surface area contributed by atoms with Crippen molar-refractivity contribution in [3.63, 3.8) is 0 Å². The average Bonchev–Trinajstić information content (AvgIpc) is 2.34. The third-order valence-corrected chi connectivity index (χ3v) is 3.72. The molecule has 0 aliphatic carbocycles. The molecule has 0 saturated carbocycles. The van der Waals surface area contributed by atoms with Gasteiger partial charge in [-0.1, -0.05) is 19.1 Å². The fourth-order valence-electron chi connectivity index (χ4n) is 2.10. The van der Waals surface area contributed by atoms with Crippen LogP contribution < -0.4 is 10.2 Å². The van der Waals surface area contributed by atoms with Crippen molar-refractivity contribution in [2.24, 2.45) is 0 Å². The molecular formula is C17H30N2. The molecule has 0 aromatic heterocycles. The molecule has 1 unspecified atom stereocenters. The van der Waals surface area contributed by atoms with Crippen LogP contribution in [0.1, 0.15) is 52.2 Å².